The van der Waals surface area contributed by atoms with Gasteiger partial charge >= 0.3 is 0 Å². The third-order valence-corrected chi connectivity index (χ3v) is 4.79. The van der Waals surface area contributed by atoms with Gasteiger partial charge in [0.1, 0.15) is 6.07 Å². The lowest BCUT2D eigenvalue weighted by Crippen LogP contribution is -2.20. The van der Waals surface area contributed by atoms with Crippen LogP contribution < -0.4 is 5.32 Å². The van der Waals surface area contributed by atoms with Gasteiger partial charge in [0.2, 0.25) is 0 Å². The lowest BCUT2D eigenvalue weighted by Gasteiger charge is -2.22. The molecule has 4 heteroatoms. The molecule has 0 aliphatic carbocycles. The van der Waals surface area contributed by atoms with Crippen LogP contribution >= 0.6 is 27.7 Å². The van der Waals surface area contributed by atoms with Gasteiger partial charge in [0.15, 0.2) is 0 Å². The largest absolute Gasteiger partial charge is 0.383 e. The smallest absolute Gasteiger partial charge is 0.101 e. The Labute approximate surface area is 115 Å². The van der Waals surface area contributed by atoms with Crippen molar-refractivity contribution in [3.05, 3.63) is 28.2 Å². The summed E-state index contributed by atoms with van der Waals surface area (Å²) in [5.41, 5.74) is 1.65. The maximum Gasteiger partial charge on any atom is 0.101 e. The van der Waals surface area contributed by atoms with E-state index in [9.17, 15) is 0 Å². The van der Waals surface area contributed by atoms with Gasteiger partial charge in [-0.1, -0.05) is 22.4 Å². The van der Waals surface area contributed by atoms with Crippen LogP contribution in [0.2, 0.25) is 0 Å². The first-order valence-electron chi connectivity index (χ1n) is 5.85. The van der Waals surface area contributed by atoms with Gasteiger partial charge < -0.3 is 5.32 Å². The molecule has 1 aliphatic rings. The highest BCUT2D eigenvalue weighted by Crippen LogP contribution is 2.26. The molecule has 0 saturated carbocycles. The van der Waals surface area contributed by atoms with E-state index in [-0.39, 0.29) is 0 Å². The predicted octanol–water partition coefficient (Wildman–Crippen LogP) is 4.02. The summed E-state index contributed by atoms with van der Waals surface area (Å²) in [5, 5.41) is 13.1. The Morgan fingerprint density at radius 3 is 3.06 bits per heavy atom. The predicted molar refractivity (Wildman–Crippen MR) is 77.4 cm³/mol. The number of nitrogens with zero attached hydrogens (tertiary/aromatic N) is 1. The Morgan fingerprint density at radius 1 is 1.47 bits per heavy atom. The minimum absolute atomic E-state index is 0.689. The Kier molecular flexibility index (Phi) is 4.75. The minimum atomic E-state index is 0.689. The summed E-state index contributed by atoms with van der Waals surface area (Å²) < 4.78 is 1.01. The van der Waals surface area contributed by atoms with E-state index in [0.29, 0.717) is 10.8 Å². The molecular formula is C13H15BrN2S. The molecule has 1 fully saturated rings. The maximum atomic E-state index is 9.04. The summed E-state index contributed by atoms with van der Waals surface area (Å²) >= 11 is 5.48. The van der Waals surface area contributed by atoms with Crippen LogP contribution in [0, 0.1) is 11.3 Å². The van der Waals surface area contributed by atoms with Crippen molar-refractivity contribution in [1.29, 1.82) is 5.26 Å². The minimum Gasteiger partial charge on any atom is -0.383 e. The van der Waals surface area contributed by atoms with Crippen molar-refractivity contribution in [1.82, 2.24) is 0 Å². The van der Waals surface area contributed by atoms with E-state index in [0.717, 1.165) is 16.7 Å². The summed E-state index contributed by atoms with van der Waals surface area (Å²) in [6.45, 7) is 0.954. The molecule has 0 radical (unpaired) electrons. The van der Waals surface area contributed by atoms with E-state index in [1.165, 1.54) is 25.0 Å². The number of nitrogens with one attached hydrogen (secondary N) is 1. The van der Waals surface area contributed by atoms with Crippen LogP contribution in [0.25, 0.3) is 0 Å². The summed E-state index contributed by atoms with van der Waals surface area (Å²) in [6.07, 6.45) is 3.97. The average Bonchev–Trinajstić information content (AvgIpc) is 2.38. The van der Waals surface area contributed by atoms with Crippen LogP contribution in [0.3, 0.4) is 0 Å². The Balaban J connectivity index is 1.98. The molecule has 1 heterocycles. The number of nitriles is 1. The van der Waals surface area contributed by atoms with Crippen LogP contribution in [0.15, 0.2) is 22.7 Å². The molecule has 0 amide bonds. The van der Waals surface area contributed by atoms with Crippen LogP contribution in [-0.4, -0.2) is 17.5 Å². The highest BCUT2D eigenvalue weighted by Gasteiger charge is 2.14. The number of halogens is 1. The van der Waals surface area contributed by atoms with Crippen molar-refractivity contribution in [2.75, 3.05) is 17.6 Å². The first-order valence-corrected chi connectivity index (χ1v) is 7.69. The zero-order valence-corrected chi connectivity index (χ0v) is 12.0. The molecule has 2 rings (SSSR count). The van der Waals surface area contributed by atoms with Gasteiger partial charge in [0.25, 0.3) is 0 Å². The summed E-state index contributed by atoms with van der Waals surface area (Å²) in [4.78, 5) is 0. The third-order valence-electron chi connectivity index (χ3n) is 2.90. The van der Waals surface area contributed by atoms with Gasteiger partial charge in [-0.3, -0.25) is 0 Å². The van der Waals surface area contributed by atoms with Crippen LogP contribution in [0.1, 0.15) is 24.8 Å². The van der Waals surface area contributed by atoms with Crippen molar-refractivity contribution in [2.24, 2.45) is 0 Å². The molecule has 1 aliphatic heterocycles. The number of anilines is 1. The fourth-order valence-corrected chi connectivity index (χ4v) is 3.55. The Hall–Kier alpha value is -0.660. The highest BCUT2D eigenvalue weighted by molar-refractivity contribution is 9.10. The molecule has 1 aromatic carbocycles. The summed E-state index contributed by atoms with van der Waals surface area (Å²) in [7, 11) is 0. The molecule has 1 unspecified atom stereocenters. The normalized spacial score (nSPS) is 19.6. The molecule has 0 bridgehead atoms. The summed E-state index contributed by atoms with van der Waals surface area (Å²) in [6, 6.07) is 7.95. The molecule has 2 nitrogen and oxygen atoms in total. The van der Waals surface area contributed by atoms with E-state index in [1.54, 1.807) is 0 Å². The number of benzene rings is 1. The van der Waals surface area contributed by atoms with Gasteiger partial charge in [0.05, 0.1) is 11.3 Å². The second-order valence-electron chi connectivity index (χ2n) is 4.17. The third kappa shape index (κ3) is 3.65. The highest BCUT2D eigenvalue weighted by atomic mass is 79.9. The molecule has 1 aromatic rings. The Morgan fingerprint density at radius 2 is 2.35 bits per heavy atom. The topological polar surface area (TPSA) is 35.8 Å². The van der Waals surface area contributed by atoms with Crippen LogP contribution in [-0.2, 0) is 0 Å². The van der Waals surface area contributed by atoms with Gasteiger partial charge in [-0.15, -0.1) is 0 Å². The molecule has 1 N–H and O–H groups in total. The fourth-order valence-electron chi connectivity index (χ4n) is 1.95. The zero-order valence-electron chi connectivity index (χ0n) is 9.58. The lowest BCUT2D eigenvalue weighted by atomic mass is 10.1. The maximum absolute atomic E-state index is 9.04. The molecule has 90 valence electrons. The SMILES string of the molecule is N#Cc1ccc(Br)cc1NCC1CCCCS1. The van der Waals surface area contributed by atoms with Crippen molar-refractivity contribution < 1.29 is 0 Å². The van der Waals surface area contributed by atoms with Gasteiger partial charge in [0, 0.05) is 16.3 Å². The number of hydrogen-bond donors (Lipinski definition) is 1. The second-order valence-corrected chi connectivity index (χ2v) is 6.50. The van der Waals surface area contributed by atoms with Crippen molar-refractivity contribution in [3.8, 4) is 6.07 Å². The molecule has 0 spiro atoms. The number of thioether (sulfide) groups is 1. The standard InChI is InChI=1S/C13H15BrN2S/c14-11-5-4-10(8-15)13(7-11)16-9-12-3-1-2-6-17-12/h4-5,7,12,16H,1-3,6,9H2. The molecule has 1 saturated heterocycles. The van der Waals surface area contributed by atoms with Crippen LogP contribution in [0.4, 0.5) is 5.69 Å². The van der Waals surface area contributed by atoms with Crippen LogP contribution in [0.5, 0.6) is 0 Å². The van der Waals surface area contributed by atoms with Crippen molar-refractivity contribution in [2.45, 2.75) is 24.5 Å². The Bertz CT molecular complexity index is 422. The monoisotopic (exact) mass is 310 g/mol. The fraction of sp³-hybridized carbons (Fsp3) is 0.462. The van der Waals surface area contributed by atoms with Gasteiger partial charge in [-0.2, -0.15) is 17.0 Å². The van der Waals surface area contributed by atoms with E-state index < -0.39 is 0 Å². The molecule has 17 heavy (non-hydrogen) atoms. The van der Waals surface area contributed by atoms with E-state index >= 15 is 0 Å². The average molecular weight is 311 g/mol. The first kappa shape index (κ1) is 12.8. The van der Waals surface area contributed by atoms with E-state index in [2.05, 4.69) is 27.3 Å². The quantitative estimate of drug-likeness (QED) is 0.916. The first-order chi connectivity index (χ1) is 8.29. The zero-order chi connectivity index (χ0) is 12.1. The molecule has 0 aromatic heterocycles. The van der Waals surface area contributed by atoms with Crippen molar-refractivity contribution >= 4 is 33.4 Å². The lowest BCUT2D eigenvalue weighted by molar-refractivity contribution is 0.677. The summed E-state index contributed by atoms with van der Waals surface area (Å²) in [5.74, 6) is 1.27. The molecule has 1 atom stereocenters. The van der Waals surface area contributed by atoms with E-state index in [4.69, 9.17) is 5.26 Å². The number of hydrogen-bond acceptors (Lipinski definition) is 3. The van der Waals surface area contributed by atoms with Crippen molar-refractivity contribution in [3.63, 3.8) is 0 Å². The number of rotatable bonds is 3. The second kappa shape index (κ2) is 6.32. The van der Waals surface area contributed by atoms with E-state index in [1.807, 2.05) is 30.0 Å². The van der Waals surface area contributed by atoms with Gasteiger partial charge in [-0.25, -0.2) is 0 Å². The van der Waals surface area contributed by atoms with Gasteiger partial charge in [-0.05, 0) is 36.8 Å². The molecular weight excluding hydrogens is 296 g/mol.